The Morgan fingerprint density at radius 2 is 1.56 bits per heavy atom. The molecule has 0 heterocycles. The second-order valence-electron chi connectivity index (χ2n) is 4.30. The van der Waals surface area contributed by atoms with Gasteiger partial charge in [0.25, 0.3) is 0 Å². The fourth-order valence-electron chi connectivity index (χ4n) is 1.86. The zero-order valence-electron chi connectivity index (χ0n) is 10.5. The first-order chi connectivity index (χ1) is 8.88. The molecule has 0 bridgehead atoms. The van der Waals surface area contributed by atoms with Gasteiger partial charge in [0, 0.05) is 9.52 Å². The summed E-state index contributed by atoms with van der Waals surface area (Å²) in [6.45, 7) is 3.76. The molecule has 0 aliphatic heterocycles. The lowest BCUT2D eigenvalue weighted by molar-refractivity contribution is 1.39. The zero-order valence-corrected chi connectivity index (χ0v) is 12.0. The van der Waals surface area contributed by atoms with Crippen LogP contribution in [-0.4, -0.2) is 9.52 Å². The molecular formula is C17H18Si. The van der Waals surface area contributed by atoms with E-state index in [-0.39, 0.29) is 9.52 Å². The summed E-state index contributed by atoms with van der Waals surface area (Å²) in [6.07, 6.45) is 4.11. The van der Waals surface area contributed by atoms with Crippen molar-refractivity contribution in [3.63, 3.8) is 0 Å². The van der Waals surface area contributed by atoms with E-state index in [0.29, 0.717) is 0 Å². The average molecular weight is 250 g/mol. The predicted molar refractivity (Wildman–Crippen MR) is 84.3 cm³/mol. The maximum atomic E-state index is 3.76. The van der Waals surface area contributed by atoms with Crippen LogP contribution < -0.4 is 0 Å². The zero-order chi connectivity index (χ0) is 12.6. The maximum absolute atomic E-state index is 3.76. The topological polar surface area (TPSA) is 0 Å². The molecule has 90 valence electrons. The van der Waals surface area contributed by atoms with Crippen LogP contribution in [0.2, 0.25) is 0 Å². The summed E-state index contributed by atoms with van der Waals surface area (Å²) >= 11 is 0. The van der Waals surface area contributed by atoms with Gasteiger partial charge in [-0.1, -0.05) is 78.9 Å². The van der Waals surface area contributed by atoms with Gasteiger partial charge in [0.2, 0.25) is 0 Å². The first kappa shape index (κ1) is 12.6. The van der Waals surface area contributed by atoms with Crippen LogP contribution >= 0.6 is 0 Å². The predicted octanol–water partition coefficient (Wildman–Crippen LogP) is 3.67. The molecule has 0 spiro atoms. The lowest BCUT2D eigenvalue weighted by atomic mass is 10.1. The Morgan fingerprint density at radius 1 is 0.889 bits per heavy atom. The second-order valence-corrected chi connectivity index (χ2v) is 5.85. The van der Waals surface area contributed by atoms with Crippen molar-refractivity contribution in [2.45, 2.75) is 6.04 Å². The van der Waals surface area contributed by atoms with Crippen molar-refractivity contribution in [1.29, 1.82) is 0 Å². The van der Waals surface area contributed by atoms with E-state index in [2.05, 4.69) is 73.0 Å². The summed E-state index contributed by atoms with van der Waals surface area (Å²) < 4.78 is 0. The highest BCUT2D eigenvalue weighted by molar-refractivity contribution is 6.42. The largest absolute Gasteiger partial charge is 0.101 e. The Morgan fingerprint density at radius 3 is 2.22 bits per heavy atom. The summed E-state index contributed by atoms with van der Waals surface area (Å²) in [7, 11) is -0.146. The summed E-state index contributed by atoms with van der Waals surface area (Å²) in [5, 5.41) is 0. The van der Waals surface area contributed by atoms with E-state index in [1.165, 1.54) is 22.7 Å². The minimum Gasteiger partial charge on any atom is -0.101 e. The van der Waals surface area contributed by atoms with Gasteiger partial charge in [0.15, 0.2) is 0 Å². The van der Waals surface area contributed by atoms with Gasteiger partial charge in [-0.05, 0) is 17.2 Å². The van der Waals surface area contributed by atoms with Crippen LogP contribution in [0.25, 0.3) is 12.2 Å². The standard InChI is InChI=1S/C17H18Si/c1-2-15-8-10-16(11-9-15)12-13-18-14-17-6-4-3-5-7-17/h2-13H,1,14,18H2. The highest BCUT2D eigenvalue weighted by Crippen LogP contribution is 2.07. The molecule has 0 atom stereocenters. The van der Waals surface area contributed by atoms with Gasteiger partial charge in [-0.2, -0.15) is 0 Å². The molecule has 0 amide bonds. The van der Waals surface area contributed by atoms with E-state index in [1.54, 1.807) is 0 Å². The van der Waals surface area contributed by atoms with E-state index in [1.807, 2.05) is 6.08 Å². The van der Waals surface area contributed by atoms with Crippen LogP contribution in [0.3, 0.4) is 0 Å². The first-order valence-electron chi connectivity index (χ1n) is 6.31. The Kier molecular flexibility index (Phi) is 4.74. The molecule has 0 radical (unpaired) electrons. The number of hydrogen-bond donors (Lipinski definition) is 0. The van der Waals surface area contributed by atoms with Crippen molar-refractivity contribution in [2.24, 2.45) is 0 Å². The molecule has 0 nitrogen and oxygen atoms in total. The van der Waals surface area contributed by atoms with Gasteiger partial charge in [0.1, 0.15) is 0 Å². The van der Waals surface area contributed by atoms with Gasteiger partial charge in [-0.15, -0.1) is 5.70 Å². The third kappa shape index (κ3) is 3.86. The van der Waals surface area contributed by atoms with Crippen LogP contribution in [0, 0.1) is 0 Å². The molecule has 0 aromatic heterocycles. The van der Waals surface area contributed by atoms with E-state index in [4.69, 9.17) is 0 Å². The number of rotatable bonds is 5. The van der Waals surface area contributed by atoms with E-state index in [0.717, 1.165) is 0 Å². The quantitative estimate of drug-likeness (QED) is 0.710. The van der Waals surface area contributed by atoms with Crippen molar-refractivity contribution in [3.8, 4) is 0 Å². The van der Waals surface area contributed by atoms with E-state index < -0.39 is 0 Å². The lowest BCUT2D eigenvalue weighted by Gasteiger charge is -1.97. The minimum atomic E-state index is -0.146. The molecule has 1 heteroatoms. The van der Waals surface area contributed by atoms with Gasteiger partial charge < -0.3 is 0 Å². The smallest absolute Gasteiger partial charge is 0.0498 e. The Hall–Kier alpha value is -1.86. The van der Waals surface area contributed by atoms with Gasteiger partial charge in [0.05, 0.1) is 0 Å². The van der Waals surface area contributed by atoms with Crippen LogP contribution in [-0.2, 0) is 6.04 Å². The van der Waals surface area contributed by atoms with Crippen molar-refractivity contribution < 1.29 is 0 Å². The highest BCUT2D eigenvalue weighted by Gasteiger charge is 1.90. The minimum absolute atomic E-state index is 0.146. The average Bonchev–Trinajstić information content (AvgIpc) is 2.45. The van der Waals surface area contributed by atoms with Crippen LogP contribution in [0.4, 0.5) is 0 Å². The molecule has 0 unspecified atom stereocenters. The monoisotopic (exact) mass is 250 g/mol. The molecule has 0 N–H and O–H groups in total. The Balaban J connectivity index is 1.85. The number of hydrogen-bond acceptors (Lipinski definition) is 0. The first-order valence-corrected chi connectivity index (χ1v) is 8.13. The third-order valence-corrected chi connectivity index (χ3v) is 4.36. The molecule has 2 aromatic carbocycles. The Bertz CT molecular complexity index is 509. The van der Waals surface area contributed by atoms with E-state index >= 15 is 0 Å². The molecule has 2 aromatic rings. The van der Waals surface area contributed by atoms with Gasteiger partial charge in [-0.3, -0.25) is 0 Å². The fourth-order valence-corrected chi connectivity index (χ4v) is 3.13. The summed E-state index contributed by atoms with van der Waals surface area (Å²) in [4.78, 5) is 0. The third-order valence-electron chi connectivity index (χ3n) is 2.92. The second kappa shape index (κ2) is 6.77. The van der Waals surface area contributed by atoms with Crippen molar-refractivity contribution in [1.82, 2.24) is 0 Å². The molecule has 0 aliphatic rings. The summed E-state index contributed by atoms with van der Waals surface area (Å²) in [5.41, 5.74) is 6.28. The van der Waals surface area contributed by atoms with Gasteiger partial charge >= 0.3 is 0 Å². The van der Waals surface area contributed by atoms with Crippen LogP contribution in [0.5, 0.6) is 0 Å². The summed E-state index contributed by atoms with van der Waals surface area (Å²) in [6, 6.07) is 20.4. The Labute approximate surface area is 112 Å². The number of benzene rings is 2. The van der Waals surface area contributed by atoms with Crippen molar-refractivity contribution >= 4 is 21.7 Å². The molecule has 18 heavy (non-hydrogen) atoms. The SMILES string of the molecule is C=Cc1ccc(C=C[SiH2]Cc2ccccc2)cc1. The molecular weight excluding hydrogens is 232 g/mol. The van der Waals surface area contributed by atoms with Crippen molar-refractivity contribution in [3.05, 3.63) is 83.6 Å². The highest BCUT2D eigenvalue weighted by atomic mass is 28.2. The molecule has 2 rings (SSSR count). The molecule has 0 aliphatic carbocycles. The van der Waals surface area contributed by atoms with Crippen LogP contribution in [0.15, 0.2) is 66.9 Å². The molecule has 0 fully saturated rings. The van der Waals surface area contributed by atoms with Crippen molar-refractivity contribution in [2.75, 3.05) is 0 Å². The normalized spacial score (nSPS) is 11.3. The fraction of sp³-hybridized carbons (Fsp3) is 0.0588. The van der Waals surface area contributed by atoms with E-state index in [9.17, 15) is 0 Å². The van der Waals surface area contributed by atoms with Gasteiger partial charge in [-0.25, -0.2) is 0 Å². The molecule has 0 saturated heterocycles. The van der Waals surface area contributed by atoms with Crippen LogP contribution in [0.1, 0.15) is 16.7 Å². The lowest BCUT2D eigenvalue weighted by Crippen LogP contribution is -1.92. The summed E-state index contributed by atoms with van der Waals surface area (Å²) in [5.74, 6) is 0. The maximum Gasteiger partial charge on any atom is 0.0498 e. The molecule has 0 saturated carbocycles.